The van der Waals surface area contributed by atoms with Crippen molar-refractivity contribution in [2.45, 2.75) is 19.9 Å². The van der Waals surface area contributed by atoms with Crippen molar-refractivity contribution in [1.82, 2.24) is 0 Å². The maximum Gasteiger partial charge on any atom is 0.340 e. The smallest absolute Gasteiger partial charge is 0.340 e. The number of halogens is 1. The van der Waals surface area contributed by atoms with E-state index in [9.17, 15) is 9.18 Å². The highest BCUT2D eigenvalue weighted by molar-refractivity contribution is 5.96. The van der Waals surface area contributed by atoms with Crippen LogP contribution in [0.1, 0.15) is 24.2 Å². The number of nitrogens with zero attached hydrogens (tertiary/aromatic N) is 1. The maximum atomic E-state index is 13.9. The van der Waals surface area contributed by atoms with E-state index in [0.717, 1.165) is 6.07 Å². The lowest BCUT2D eigenvalue weighted by Crippen LogP contribution is -2.32. The molecule has 0 saturated heterocycles. The van der Waals surface area contributed by atoms with Gasteiger partial charge in [-0.15, -0.1) is 0 Å². The van der Waals surface area contributed by atoms with Gasteiger partial charge in [-0.2, -0.15) is 0 Å². The first kappa shape index (κ1) is 15.2. The number of rotatable bonds is 5. The van der Waals surface area contributed by atoms with Gasteiger partial charge < -0.3 is 20.5 Å². The summed E-state index contributed by atoms with van der Waals surface area (Å²) in [6.07, 6.45) is 0. The van der Waals surface area contributed by atoms with Gasteiger partial charge in [-0.25, -0.2) is 9.18 Å². The average molecular weight is 270 g/mol. The number of nitrogens with two attached hydrogens (primary N) is 1. The number of anilines is 2. The van der Waals surface area contributed by atoms with Gasteiger partial charge in [0.05, 0.1) is 24.5 Å². The third-order valence-corrected chi connectivity index (χ3v) is 2.92. The normalized spacial score (nSPS) is 12.1. The second-order valence-electron chi connectivity index (χ2n) is 4.25. The van der Waals surface area contributed by atoms with Gasteiger partial charge in [0, 0.05) is 18.8 Å². The SMILES string of the molecule is CCOC(=O)c1cc(N(C)C(C)CO)c(F)cc1N. The van der Waals surface area contributed by atoms with Gasteiger partial charge in [0.2, 0.25) is 0 Å². The van der Waals surface area contributed by atoms with E-state index in [2.05, 4.69) is 0 Å². The molecule has 0 aliphatic heterocycles. The lowest BCUT2D eigenvalue weighted by Gasteiger charge is -2.26. The summed E-state index contributed by atoms with van der Waals surface area (Å²) in [5, 5.41) is 9.09. The summed E-state index contributed by atoms with van der Waals surface area (Å²) in [6, 6.07) is 2.14. The van der Waals surface area contributed by atoms with Crippen LogP contribution in [0.5, 0.6) is 0 Å². The van der Waals surface area contributed by atoms with Gasteiger partial charge in [0.25, 0.3) is 0 Å². The van der Waals surface area contributed by atoms with Gasteiger partial charge in [-0.1, -0.05) is 0 Å². The van der Waals surface area contributed by atoms with Crippen LogP contribution in [0, 0.1) is 5.82 Å². The molecule has 0 aliphatic carbocycles. The molecule has 106 valence electrons. The minimum atomic E-state index is -0.591. The Morgan fingerprint density at radius 1 is 1.58 bits per heavy atom. The molecule has 1 unspecified atom stereocenters. The fraction of sp³-hybridized carbons (Fsp3) is 0.462. The van der Waals surface area contributed by atoms with Crippen LogP contribution in [0.3, 0.4) is 0 Å². The molecular formula is C13H19FN2O3. The Morgan fingerprint density at radius 3 is 2.74 bits per heavy atom. The highest BCUT2D eigenvalue weighted by atomic mass is 19.1. The maximum absolute atomic E-state index is 13.9. The van der Waals surface area contributed by atoms with E-state index in [1.54, 1.807) is 20.9 Å². The van der Waals surface area contributed by atoms with Gasteiger partial charge in [-0.05, 0) is 26.0 Å². The molecule has 1 atom stereocenters. The largest absolute Gasteiger partial charge is 0.462 e. The summed E-state index contributed by atoms with van der Waals surface area (Å²) < 4.78 is 18.7. The molecule has 0 aromatic heterocycles. The minimum Gasteiger partial charge on any atom is -0.462 e. The van der Waals surface area contributed by atoms with Crippen LogP contribution in [0.15, 0.2) is 12.1 Å². The summed E-state index contributed by atoms with van der Waals surface area (Å²) in [4.78, 5) is 13.2. The Hall–Kier alpha value is -1.82. The van der Waals surface area contributed by atoms with E-state index in [1.807, 2.05) is 0 Å². The van der Waals surface area contributed by atoms with Crippen molar-refractivity contribution >= 4 is 17.3 Å². The van der Waals surface area contributed by atoms with Crippen LogP contribution in [0.2, 0.25) is 0 Å². The second-order valence-corrected chi connectivity index (χ2v) is 4.25. The molecule has 0 amide bonds. The molecule has 6 heteroatoms. The van der Waals surface area contributed by atoms with E-state index in [1.165, 1.54) is 11.0 Å². The van der Waals surface area contributed by atoms with Gasteiger partial charge >= 0.3 is 5.97 Å². The molecule has 3 N–H and O–H groups in total. The fourth-order valence-electron chi connectivity index (χ4n) is 1.59. The molecule has 0 heterocycles. The Labute approximate surface area is 111 Å². The van der Waals surface area contributed by atoms with Crippen LogP contribution < -0.4 is 10.6 Å². The molecule has 0 bridgehead atoms. The number of hydrogen-bond acceptors (Lipinski definition) is 5. The van der Waals surface area contributed by atoms with Crippen molar-refractivity contribution in [2.24, 2.45) is 0 Å². The third kappa shape index (κ3) is 3.35. The number of benzene rings is 1. The van der Waals surface area contributed by atoms with E-state index in [4.69, 9.17) is 15.6 Å². The Balaban J connectivity index is 3.19. The lowest BCUT2D eigenvalue weighted by atomic mass is 10.1. The molecule has 0 fully saturated rings. The zero-order chi connectivity index (χ0) is 14.6. The first-order valence-electron chi connectivity index (χ1n) is 6.02. The van der Waals surface area contributed by atoms with Crippen LogP contribution in [-0.4, -0.2) is 37.4 Å². The predicted molar refractivity (Wildman–Crippen MR) is 71.7 cm³/mol. The van der Waals surface area contributed by atoms with E-state index < -0.39 is 11.8 Å². The first-order chi connectivity index (χ1) is 8.92. The van der Waals surface area contributed by atoms with Crippen molar-refractivity contribution in [1.29, 1.82) is 0 Å². The van der Waals surface area contributed by atoms with Crippen LogP contribution in [0.25, 0.3) is 0 Å². The van der Waals surface area contributed by atoms with Crippen LogP contribution >= 0.6 is 0 Å². The molecule has 0 spiro atoms. The minimum absolute atomic E-state index is 0.0322. The number of carbonyl (C=O) groups excluding carboxylic acids is 1. The van der Waals surface area contributed by atoms with E-state index >= 15 is 0 Å². The summed E-state index contributed by atoms with van der Waals surface area (Å²) in [5.74, 6) is -1.14. The number of aliphatic hydroxyl groups is 1. The molecule has 19 heavy (non-hydrogen) atoms. The topological polar surface area (TPSA) is 75.8 Å². The fourth-order valence-corrected chi connectivity index (χ4v) is 1.59. The molecular weight excluding hydrogens is 251 g/mol. The van der Waals surface area contributed by atoms with E-state index in [0.29, 0.717) is 0 Å². The molecule has 0 aliphatic rings. The summed E-state index contributed by atoms with van der Waals surface area (Å²) in [6.45, 7) is 3.50. The van der Waals surface area contributed by atoms with E-state index in [-0.39, 0.29) is 36.2 Å². The molecule has 0 saturated carbocycles. The Bertz CT molecular complexity index is 465. The van der Waals surface area contributed by atoms with Gasteiger partial charge in [0.15, 0.2) is 0 Å². The number of aliphatic hydroxyl groups excluding tert-OH is 1. The molecule has 5 nitrogen and oxygen atoms in total. The Kier molecular flexibility index (Phi) is 5.11. The summed E-state index contributed by atoms with van der Waals surface area (Å²) >= 11 is 0. The quantitative estimate of drug-likeness (QED) is 0.625. The van der Waals surface area contributed by atoms with Crippen molar-refractivity contribution in [3.8, 4) is 0 Å². The van der Waals surface area contributed by atoms with Gasteiger partial charge in [0.1, 0.15) is 5.82 Å². The second kappa shape index (κ2) is 6.38. The number of esters is 1. The number of ether oxygens (including phenoxy) is 1. The van der Waals surface area contributed by atoms with Crippen molar-refractivity contribution in [3.05, 3.63) is 23.5 Å². The number of likely N-dealkylation sites (N-methyl/N-ethyl adjacent to an activating group) is 1. The molecule has 1 aromatic carbocycles. The molecule has 1 aromatic rings. The highest BCUT2D eigenvalue weighted by Gasteiger charge is 2.19. The standard InChI is InChI=1S/C13H19FN2O3/c1-4-19-13(18)9-5-12(10(14)6-11(9)15)16(3)8(2)7-17/h5-6,8,17H,4,7,15H2,1-3H3. The van der Waals surface area contributed by atoms with Gasteiger partial charge in [-0.3, -0.25) is 0 Å². The molecule has 0 radical (unpaired) electrons. The average Bonchev–Trinajstić information content (AvgIpc) is 2.37. The molecule has 1 rings (SSSR count). The summed E-state index contributed by atoms with van der Waals surface area (Å²) in [5.41, 5.74) is 5.97. The number of hydrogen-bond donors (Lipinski definition) is 2. The van der Waals surface area contributed by atoms with Crippen LogP contribution in [0.4, 0.5) is 15.8 Å². The monoisotopic (exact) mass is 270 g/mol. The highest BCUT2D eigenvalue weighted by Crippen LogP contribution is 2.26. The third-order valence-electron chi connectivity index (χ3n) is 2.92. The first-order valence-corrected chi connectivity index (χ1v) is 6.02. The number of carbonyl (C=O) groups is 1. The van der Waals surface area contributed by atoms with Crippen LogP contribution in [-0.2, 0) is 4.74 Å². The zero-order valence-corrected chi connectivity index (χ0v) is 11.3. The predicted octanol–water partition coefficient (Wildman–Crippen LogP) is 1.40. The summed E-state index contributed by atoms with van der Waals surface area (Å²) in [7, 11) is 1.63. The Morgan fingerprint density at radius 2 is 2.21 bits per heavy atom. The van der Waals surface area contributed by atoms with Crippen molar-refractivity contribution < 1.29 is 19.0 Å². The number of nitrogen functional groups attached to an aromatic ring is 1. The zero-order valence-electron chi connectivity index (χ0n) is 11.3. The lowest BCUT2D eigenvalue weighted by molar-refractivity contribution is 0.0527. The van der Waals surface area contributed by atoms with Crippen molar-refractivity contribution in [3.63, 3.8) is 0 Å². The van der Waals surface area contributed by atoms with Crippen molar-refractivity contribution in [2.75, 3.05) is 30.9 Å².